The van der Waals surface area contributed by atoms with Gasteiger partial charge in [0.05, 0.1) is 12.1 Å². The van der Waals surface area contributed by atoms with Crippen LogP contribution in [0.2, 0.25) is 5.15 Å². The van der Waals surface area contributed by atoms with Crippen molar-refractivity contribution in [1.82, 2.24) is 14.8 Å². The molecular weight excluding hydrogens is 358 g/mol. The van der Waals surface area contributed by atoms with E-state index in [1.54, 1.807) is 6.07 Å². The summed E-state index contributed by atoms with van der Waals surface area (Å²) in [7, 11) is 0. The molecule has 0 unspecified atom stereocenters. The van der Waals surface area contributed by atoms with E-state index in [4.69, 9.17) is 16.3 Å². The molecule has 0 radical (unpaired) electrons. The van der Waals surface area contributed by atoms with Crippen LogP contribution in [0.1, 0.15) is 18.9 Å². The lowest BCUT2D eigenvalue weighted by Crippen LogP contribution is -2.34. The van der Waals surface area contributed by atoms with Crippen LogP contribution in [0.15, 0.2) is 30.3 Å². The van der Waals surface area contributed by atoms with E-state index in [2.05, 4.69) is 4.98 Å². The lowest BCUT2D eigenvalue weighted by Gasteiger charge is -2.16. The predicted molar refractivity (Wildman–Crippen MR) is 95.5 cm³/mol. The molecule has 2 heterocycles. The van der Waals surface area contributed by atoms with E-state index in [9.17, 15) is 14.4 Å². The number of amides is 4. The number of carbonyl (C=O) groups is 3. The molecule has 0 saturated carbocycles. The number of hydrogen-bond donors (Lipinski definition) is 0. The first-order valence-corrected chi connectivity index (χ1v) is 8.70. The summed E-state index contributed by atoms with van der Waals surface area (Å²) in [6.07, 6.45) is 0.477. The maximum Gasteiger partial charge on any atom is 0.334 e. The van der Waals surface area contributed by atoms with Gasteiger partial charge in [-0.15, -0.1) is 0 Å². The molecule has 3 rings (SSSR count). The highest BCUT2D eigenvalue weighted by atomic mass is 35.5. The van der Waals surface area contributed by atoms with Crippen molar-refractivity contribution in [3.05, 3.63) is 41.0 Å². The molecule has 1 aromatic carbocycles. The second-order valence-electron chi connectivity index (χ2n) is 5.81. The molecule has 136 valence electrons. The van der Waals surface area contributed by atoms with E-state index in [1.807, 2.05) is 31.2 Å². The van der Waals surface area contributed by atoms with Crippen molar-refractivity contribution in [3.8, 4) is 0 Å². The lowest BCUT2D eigenvalue weighted by molar-refractivity contribution is -0.143. The second-order valence-corrected chi connectivity index (χ2v) is 6.17. The van der Waals surface area contributed by atoms with Gasteiger partial charge in [0, 0.05) is 30.7 Å². The minimum Gasteiger partial charge on any atom is -0.382 e. The van der Waals surface area contributed by atoms with Crippen molar-refractivity contribution < 1.29 is 19.1 Å². The zero-order valence-corrected chi connectivity index (χ0v) is 15.0. The Kier molecular flexibility index (Phi) is 5.49. The molecule has 2 aromatic rings. The van der Waals surface area contributed by atoms with Gasteiger partial charge in [0.15, 0.2) is 0 Å². The molecule has 1 aliphatic heterocycles. The number of nitrogens with zero attached hydrogens (tertiary/aromatic N) is 3. The Hall–Kier alpha value is -2.51. The van der Waals surface area contributed by atoms with Gasteiger partial charge in [-0.3, -0.25) is 19.4 Å². The number of benzene rings is 1. The molecule has 1 fully saturated rings. The lowest BCUT2D eigenvalue weighted by atomic mass is 10.1. The third-order valence-corrected chi connectivity index (χ3v) is 4.42. The Morgan fingerprint density at radius 3 is 2.62 bits per heavy atom. The summed E-state index contributed by atoms with van der Waals surface area (Å²) in [5, 5.41) is 1.04. The van der Waals surface area contributed by atoms with Gasteiger partial charge in [0.1, 0.15) is 5.15 Å². The maximum atomic E-state index is 12.5. The topological polar surface area (TPSA) is 79.8 Å². The Bertz CT molecular complexity index is 871. The highest BCUT2D eigenvalue weighted by Gasteiger charge is 2.44. The Morgan fingerprint density at radius 1 is 1.12 bits per heavy atom. The Labute approximate surface area is 155 Å². The molecule has 1 aliphatic rings. The van der Waals surface area contributed by atoms with Gasteiger partial charge < -0.3 is 4.74 Å². The van der Waals surface area contributed by atoms with Gasteiger partial charge in [-0.25, -0.2) is 9.78 Å². The molecule has 0 N–H and O–H groups in total. The molecule has 0 bridgehead atoms. The van der Waals surface area contributed by atoms with Gasteiger partial charge >= 0.3 is 17.8 Å². The average molecular weight is 376 g/mol. The molecular formula is C18H18ClN3O4. The van der Waals surface area contributed by atoms with Crippen molar-refractivity contribution in [1.29, 1.82) is 0 Å². The van der Waals surface area contributed by atoms with E-state index in [1.165, 1.54) is 0 Å². The van der Waals surface area contributed by atoms with Crippen LogP contribution in [0.4, 0.5) is 4.79 Å². The molecule has 7 nitrogen and oxygen atoms in total. The predicted octanol–water partition coefficient (Wildman–Crippen LogP) is 2.61. The monoisotopic (exact) mass is 375 g/mol. The minimum atomic E-state index is -0.851. The molecule has 1 aromatic heterocycles. The minimum absolute atomic E-state index is 0.0952. The number of aromatic nitrogens is 1. The van der Waals surface area contributed by atoms with Crippen LogP contribution < -0.4 is 0 Å². The number of fused-ring (bicyclic) bond motifs is 1. The van der Waals surface area contributed by atoms with E-state index < -0.39 is 17.8 Å². The van der Waals surface area contributed by atoms with Crippen LogP contribution in [-0.4, -0.2) is 52.4 Å². The number of hydrogen-bond acceptors (Lipinski definition) is 5. The third kappa shape index (κ3) is 3.54. The van der Waals surface area contributed by atoms with Crippen molar-refractivity contribution in [2.75, 3.05) is 19.8 Å². The molecule has 4 amide bonds. The average Bonchev–Trinajstić information content (AvgIpc) is 2.83. The number of pyridine rings is 1. The summed E-state index contributed by atoms with van der Waals surface area (Å²) in [5.74, 6) is -1.67. The first kappa shape index (κ1) is 18.3. The fraction of sp³-hybridized carbons (Fsp3) is 0.333. The summed E-state index contributed by atoms with van der Waals surface area (Å²) in [6, 6.07) is 8.52. The number of halogens is 1. The van der Waals surface area contributed by atoms with Crippen LogP contribution in [0.25, 0.3) is 10.9 Å². The standard InChI is InChI=1S/C18H18ClN3O4/c1-2-26-9-5-8-21-16(23)17(24)22(18(21)25)11-13-10-12-6-3-4-7-14(12)20-15(13)19/h3-4,6-7,10H,2,5,8-9,11H2,1H3. The Morgan fingerprint density at radius 2 is 1.85 bits per heavy atom. The Balaban J connectivity index is 1.77. The number of imide groups is 2. The number of ether oxygens (including phenoxy) is 1. The summed E-state index contributed by atoms with van der Waals surface area (Å²) >= 11 is 6.19. The van der Waals surface area contributed by atoms with Gasteiger partial charge in [0.25, 0.3) is 0 Å². The SMILES string of the molecule is CCOCCCN1C(=O)C(=O)N(Cc2cc3ccccc3nc2Cl)C1=O. The molecule has 0 aliphatic carbocycles. The molecule has 26 heavy (non-hydrogen) atoms. The normalized spacial score (nSPS) is 14.8. The van der Waals surface area contributed by atoms with Crippen LogP contribution >= 0.6 is 11.6 Å². The van der Waals surface area contributed by atoms with Crippen molar-refractivity contribution in [3.63, 3.8) is 0 Å². The van der Waals surface area contributed by atoms with Gasteiger partial charge in [-0.1, -0.05) is 29.8 Å². The van der Waals surface area contributed by atoms with Crippen LogP contribution in [0.5, 0.6) is 0 Å². The molecule has 1 saturated heterocycles. The van der Waals surface area contributed by atoms with E-state index in [0.29, 0.717) is 30.7 Å². The quantitative estimate of drug-likeness (QED) is 0.321. The third-order valence-electron chi connectivity index (χ3n) is 4.09. The summed E-state index contributed by atoms with van der Waals surface area (Å²) in [6.45, 7) is 2.88. The van der Waals surface area contributed by atoms with Crippen LogP contribution in [0.3, 0.4) is 0 Å². The zero-order valence-electron chi connectivity index (χ0n) is 14.3. The van der Waals surface area contributed by atoms with Gasteiger partial charge in [-0.2, -0.15) is 0 Å². The van der Waals surface area contributed by atoms with E-state index in [0.717, 1.165) is 15.2 Å². The van der Waals surface area contributed by atoms with Crippen molar-refractivity contribution in [2.45, 2.75) is 19.9 Å². The number of carbonyl (C=O) groups excluding carboxylic acids is 3. The fourth-order valence-corrected chi connectivity index (χ4v) is 2.98. The fourth-order valence-electron chi connectivity index (χ4n) is 2.77. The van der Waals surface area contributed by atoms with E-state index >= 15 is 0 Å². The number of para-hydroxylation sites is 1. The first-order valence-electron chi connectivity index (χ1n) is 8.32. The van der Waals surface area contributed by atoms with E-state index in [-0.39, 0.29) is 18.2 Å². The van der Waals surface area contributed by atoms with Crippen LogP contribution in [-0.2, 0) is 20.9 Å². The van der Waals surface area contributed by atoms with Crippen molar-refractivity contribution >= 4 is 40.3 Å². The second kappa shape index (κ2) is 7.80. The smallest absolute Gasteiger partial charge is 0.334 e. The summed E-state index contributed by atoms with van der Waals surface area (Å²) in [5.41, 5.74) is 1.23. The first-order chi connectivity index (χ1) is 12.5. The summed E-state index contributed by atoms with van der Waals surface area (Å²) < 4.78 is 5.20. The zero-order chi connectivity index (χ0) is 18.7. The molecule has 0 atom stereocenters. The summed E-state index contributed by atoms with van der Waals surface area (Å²) in [4.78, 5) is 42.9. The number of urea groups is 1. The van der Waals surface area contributed by atoms with Gasteiger partial charge in [0.2, 0.25) is 0 Å². The highest BCUT2D eigenvalue weighted by Crippen LogP contribution is 2.24. The van der Waals surface area contributed by atoms with Gasteiger partial charge in [-0.05, 0) is 25.5 Å². The molecule has 8 heteroatoms. The molecule has 0 spiro atoms. The van der Waals surface area contributed by atoms with Crippen molar-refractivity contribution in [2.24, 2.45) is 0 Å². The number of rotatable bonds is 7. The largest absolute Gasteiger partial charge is 0.382 e. The van der Waals surface area contributed by atoms with Crippen LogP contribution in [0, 0.1) is 0 Å². The maximum absolute atomic E-state index is 12.5. The highest BCUT2D eigenvalue weighted by molar-refractivity contribution is 6.44.